The number of allylic oxidation sites excluding steroid dienone is 1. The standard InChI is InChI=1S/C50H59BrN2O6Si/c1-34(28-36-29-38(51)21-23-44(36)55)20-22-45(56)46-37(33-59-60(50(2,3)4,40-16-10-6-11-17-40)41-18-12-7-13-19-41)30-42-47(43(46)32-54)49(58)53(48(42)57)39-24-26-52(27-25-39)31-35-14-8-5-9-15-35/h5-19,21,23,28-29,39,42-43,45,47,54-56H,20,22,24-27,30-33H2,1-4H3/b34-28+/t42-,43+,45-,47-/m1/s1. The molecule has 10 heteroatoms. The molecule has 4 aromatic rings. The van der Waals surface area contributed by atoms with Crippen molar-refractivity contribution in [2.45, 2.75) is 83.5 Å². The Kier molecular flexibility index (Phi) is 13.8. The number of carbonyl (C=O) groups is 2. The van der Waals surface area contributed by atoms with Crippen LogP contribution in [-0.2, 0) is 20.6 Å². The van der Waals surface area contributed by atoms with Gasteiger partial charge < -0.3 is 19.7 Å². The Morgan fingerprint density at radius 3 is 2.08 bits per heavy atom. The second-order valence-corrected chi connectivity index (χ2v) is 23.1. The zero-order chi connectivity index (χ0) is 42.6. The van der Waals surface area contributed by atoms with Gasteiger partial charge in [-0.1, -0.05) is 139 Å². The highest BCUT2D eigenvalue weighted by molar-refractivity contribution is 9.10. The van der Waals surface area contributed by atoms with Crippen LogP contribution < -0.4 is 10.4 Å². The number of aliphatic hydroxyl groups excluding tert-OH is 2. The molecule has 2 fully saturated rings. The van der Waals surface area contributed by atoms with Gasteiger partial charge in [0.1, 0.15) is 5.75 Å². The fourth-order valence-corrected chi connectivity index (χ4v) is 15.0. The number of fused-ring (bicyclic) bond motifs is 1. The second kappa shape index (κ2) is 18.8. The summed E-state index contributed by atoms with van der Waals surface area (Å²) in [6.45, 7) is 10.8. The molecular formula is C50H59BrN2O6Si. The number of benzene rings is 4. The van der Waals surface area contributed by atoms with Crippen LogP contribution >= 0.6 is 15.9 Å². The smallest absolute Gasteiger partial charge is 0.261 e. The third kappa shape index (κ3) is 9.05. The minimum atomic E-state index is -3.04. The summed E-state index contributed by atoms with van der Waals surface area (Å²) in [5.41, 5.74) is 4.28. The van der Waals surface area contributed by atoms with E-state index in [0.717, 1.165) is 45.6 Å². The lowest BCUT2D eigenvalue weighted by Crippen LogP contribution is -2.66. The van der Waals surface area contributed by atoms with Gasteiger partial charge in [-0.15, -0.1) is 0 Å². The SMILES string of the molecule is C/C(=C\c1cc(Br)ccc1O)CC[C@@H](O)C1=C(CO[Si](c2ccccc2)(c2ccccc2)C(C)(C)C)C[C@H]2C(=O)N(C3CCN(Cc4ccccc4)CC3)C(=O)[C@H]2[C@H]1CO. The molecule has 2 saturated heterocycles. The summed E-state index contributed by atoms with van der Waals surface area (Å²) in [4.78, 5) is 33.2. The number of aliphatic hydroxyl groups is 2. The van der Waals surface area contributed by atoms with Gasteiger partial charge in [-0.2, -0.15) is 0 Å². The van der Waals surface area contributed by atoms with E-state index in [1.807, 2.05) is 73.7 Å². The highest BCUT2D eigenvalue weighted by Crippen LogP contribution is 2.48. The minimum absolute atomic E-state index is 0.152. The summed E-state index contributed by atoms with van der Waals surface area (Å²) in [6.07, 6.45) is 3.41. The Balaban J connectivity index is 1.21. The fraction of sp³-hybridized carbons (Fsp3) is 0.400. The number of halogens is 1. The first-order valence-electron chi connectivity index (χ1n) is 21.4. The van der Waals surface area contributed by atoms with Gasteiger partial charge in [0, 0.05) is 41.6 Å². The largest absolute Gasteiger partial charge is 0.507 e. The lowest BCUT2D eigenvalue weighted by molar-refractivity contribution is -0.144. The van der Waals surface area contributed by atoms with E-state index in [-0.39, 0.29) is 48.3 Å². The van der Waals surface area contributed by atoms with Gasteiger partial charge in [0.2, 0.25) is 11.8 Å². The average molecular weight is 892 g/mol. The van der Waals surface area contributed by atoms with Crippen molar-refractivity contribution in [1.29, 1.82) is 0 Å². The number of hydrogen-bond donors (Lipinski definition) is 3. The minimum Gasteiger partial charge on any atom is -0.507 e. The number of rotatable bonds is 14. The number of phenolic OH excluding ortho intramolecular Hbond substituents is 1. The Hall–Kier alpha value is -4.16. The molecule has 0 saturated carbocycles. The van der Waals surface area contributed by atoms with Gasteiger partial charge in [0.05, 0.1) is 31.2 Å². The average Bonchev–Trinajstić information content (AvgIpc) is 3.49. The van der Waals surface area contributed by atoms with E-state index in [2.05, 4.69) is 78.0 Å². The first kappa shape index (κ1) is 43.9. The number of nitrogens with zero attached hydrogens (tertiary/aromatic N) is 2. The summed E-state index contributed by atoms with van der Waals surface area (Å²) in [6, 6.07) is 36.2. The molecule has 4 aromatic carbocycles. The highest BCUT2D eigenvalue weighted by Gasteiger charge is 2.57. The maximum Gasteiger partial charge on any atom is 0.261 e. The summed E-state index contributed by atoms with van der Waals surface area (Å²) in [5, 5.41) is 36.0. The first-order valence-corrected chi connectivity index (χ1v) is 24.1. The first-order chi connectivity index (χ1) is 28.8. The molecule has 2 aliphatic heterocycles. The van der Waals surface area contributed by atoms with Gasteiger partial charge in [-0.3, -0.25) is 19.4 Å². The maximum atomic E-state index is 14.6. The number of imide groups is 1. The molecule has 4 atom stereocenters. The Morgan fingerprint density at radius 2 is 1.50 bits per heavy atom. The van der Waals surface area contributed by atoms with Crippen molar-refractivity contribution in [3.63, 3.8) is 0 Å². The van der Waals surface area contributed by atoms with Crippen LogP contribution in [0.15, 0.2) is 130 Å². The molecule has 3 N–H and O–H groups in total. The molecule has 7 rings (SSSR count). The van der Waals surface area contributed by atoms with Crippen molar-refractivity contribution < 1.29 is 29.3 Å². The number of amides is 2. The normalized spacial score (nSPS) is 21.4. The van der Waals surface area contributed by atoms with Crippen LogP contribution in [0.5, 0.6) is 5.75 Å². The number of hydrogen-bond acceptors (Lipinski definition) is 7. The third-order valence-corrected chi connectivity index (χ3v) is 18.5. The molecule has 316 valence electrons. The summed E-state index contributed by atoms with van der Waals surface area (Å²) in [7, 11) is -3.04. The Labute approximate surface area is 364 Å². The Bertz CT molecular complexity index is 2140. The zero-order valence-corrected chi connectivity index (χ0v) is 37.9. The van der Waals surface area contributed by atoms with E-state index in [1.165, 1.54) is 10.5 Å². The van der Waals surface area contributed by atoms with Crippen LogP contribution in [0.1, 0.15) is 70.9 Å². The third-order valence-electron chi connectivity index (χ3n) is 13.0. The van der Waals surface area contributed by atoms with Crippen molar-refractivity contribution >= 4 is 52.5 Å². The second-order valence-electron chi connectivity index (χ2n) is 17.9. The van der Waals surface area contributed by atoms with E-state index < -0.39 is 32.2 Å². The topological polar surface area (TPSA) is 111 Å². The van der Waals surface area contributed by atoms with Crippen LogP contribution in [0.4, 0.5) is 0 Å². The van der Waals surface area contributed by atoms with E-state index in [1.54, 1.807) is 12.1 Å². The van der Waals surface area contributed by atoms with Gasteiger partial charge in [0.25, 0.3) is 8.32 Å². The monoisotopic (exact) mass is 890 g/mol. The van der Waals surface area contributed by atoms with Crippen molar-refractivity contribution in [2.24, 2.45) is 17.8 Å². The molecule has 0 unspecified atom stereocenters. The zero-order valence-electron chi connectivity index (χ0n) is 35.3. The lowest BCUT2D eigenvalue weighted by atomic mass is 9.68. The molecule has 60 heavy (non-hydrogen) atoms. The number of aromatic hydroxyl groups is 1. The molecule has 0 aromatic heterocycles. The number of phenols is 1. The molecular weight excluding hydrogens is 833 g/mol. The van der Waals surface area contributed by atoms with Crippen LogP contribution in [0, 0.1) is 17.8 Å². The molecule has 8 nitrogen and oxygen atoms in total. The number of carbonyl (C=O) groups excluding carboxylic acids is 2. The van der Waals surface area contributed by atoms with Gasteiger partial charge in [-0.25, -0.2) is 0 Å². The molecule has 0 spiro atoms. The summed E-state index contributed by atoms with van der Waals surface area (Å²) in [5.74, 6) is -2.39. The quantitative estimate of drug-likeness (QED) is 0.0673. The van der Waals surface area contributed by atoms with E-state index in [9.17, 15) is 24.9 Å². The van der Waals surface area contributed by atoms with Crippen molar-refractivity contribution in [3.05, 3.63) is 142 Å². The molecule has 2 amide bonds. The van der Waals surface area contributed by atoms with Gasteiger partial charge in [-0.05, 0) is 89.3 Å². The Morgan fingerprint density at radius 1 is 0.900 bits per heavy atom. The summed E-state index contributed by atoms with van der Waals surface area (Å²) >= 11 is 3.49. The van der Waals surface area contributed by atoms with Crippen LogP contribution in [0.25, 0.3) is 6.08 Å². The fourth-order valence-electron chi connectivity index (χ4n) is 10.1. The predicted octanol–water partition coefficient (Wildman–Crippen LogP) is 7.85. The predicted molar refractivity (Wildman–Crippen MR) is 244 cm³/mol. The molecule has 0 radical (unpaired) electrons. The lowest BCUT2D eigenvalue weighted by Gasteiger charge is -2.44. The molecule has 3 aliphatic rings. The van der Waals surface area contributed by atoms with Crippen molar-refractivity contribution in [1.82, 2.24) is 9.80 Å². The molecule has 2 heterocycles. The van der Waals surface area contributed by atoms with E-state index in [4.69, 9.17) is 4.43 Å². The maximum absolute atomic E-state index is 14.6. The van der Waals surface area contributed by atoms with Crippen LogP contribution in [0.2, 0.25) is 5.04 Å². The number of piperidine rings is 1. The van der Waals surface area contributed by atoms with E-state index >= 15 is 0 Å². The van der Waals surface area contributed by atoms with Gasteiger partial charge >= 0.3 is 0 Å². The highest BCUT2D eigenvalue weighted by atomic mass is 79.9. The van der Waals surface area contributed by atoms with E-state index in [0.29, 0.717) is 36.8 Å². The van der Waals surface area contributed by atoms with Crippen molar-refractivity contribution in [2.75, 3.05) is 26.3 Å². The molecule has 1 aliphatic carbocycles. The van der Waals surface area contributed by atoms with Gasteiger partial charge in [0.15, 0.2) is 0 Å². The van der Waals surface area contributed by atoms with Crippen LogP contribution in [-0.4, -0.2) is 83.7 Å². The molecule has 0 bridgehead atoms. The summed E-state index contributed by atoms with van der Waals surface area (Å²) < 4.78 is 8.30. The van der Waals surface area contributed by atoms with Crippen LogP contribution in [0.3, 0.4) is 0 Å². The van der Waals surface area contributed by atoms with Crippen molar-refractivity contribution in [3.8, 4) is 5.75 Å². The number of likely N-dealkylation sites (tertiary alicyclic amines) is 2.